The Labute approximate surface area is 388 Å². The zero-order chi connectivity index (χ0) is 45.0. The molecule has 0 N–H and O–H groups in total. The van der Waals surface area contributed by atoms with Crippen LogP contribution in [0.15, 0.2) is 96.1 Å². The van der Waals surface area contributed by atoms with Crippen LogP contribution in [0.3, 0.4) is 0 Å². The van der Waals surface area contributed by atoms with Crippen LogP contribution in [-0.2, 0) is 15.6 Å². The van der Waals surface area contributed by atoms with E-state index < -0.39 is 50.2 Å². The summed E-state index contributed by atoms with van der Waals surface area (Å²) in [5.41, 5.74) is 12.1. The molecule has 0 aliphatic heterocycles. The van der Waals surface area contributed by atoms with Gasteiger partial charge in [-0.25, -0.2) is 0 Å². The topological polar surface area (TPSA) is 0 Å². The second-order valence-electron chi connectivity index (χ2n) is 22.3. The first kappa shape index (κ1) is 47.7. The van der Waals surface area contributed by atoms with Crippen molar-refractivity contribution in [2.75, 3.05) is 0 Å². The Morgan fingerprint density at radius 1 is 0.571 bits per heavy atom. The molecular weight excluding hydrogens is 952 g/mol. The normalized spacial score (nSPS) is 21.3. The molecule has 0 amide bonds. The third kappa shape index (κ3) is 9.83. The van der Waals surface area contributed by atoms with E-state index in [4.69, 9.17) is 17.0 Å². The van der Waals surface area contributed by atoms with Crippen LogP contribution in [0.2, 0.25) is 51.9 Å². The van der Waals surface area contributed by atoms with E-state index in [1.165, 1.54) is 130 Å². The van der Waals surface area contributed by atoms with E-state index in [1.807, 2.05) is 0 Å². The molecule has 4 aromatic rings. The Bertz CT molecular complexity index is 2190. The fraction of sp³-hybridized carbons (Fsp3) is 0.481. The van der Waals surface area contributed by atoms with Gasteiger partial charge in [-0.3, -0.25) is 0 Å². The average Bonchev–Trinajstić information content (AvgIpc) is 3.82. The zero-order valence-electron chi connectivity index (χ0n) is 38.9. The fourth-order valence-corrected chi connectivity index (χ4v) is 54.6. The molecule has 2 fully saturated rings. The van der Waals surface area contributed by atoms with Crippen LogP contribution in [0.5, 0.6) is 0 Å². The average molecular weight is 1020 g/mol. The van der Waals surface area contributed by atoms with E-state index in [9.17, 15) is 13.2 Å². The van der Waals surface area contributed by atoms with Crippen molar-refractivity contribution in [1.29, 1.82) is 0 Å². The first-order valence-electron chi connectivity index (χ1n) is 24.2. The number of halogens is 5. The molecule has 0 saturated heterocycles. The molecule has 0 aromatic heterocycles. The summed E-state index contributed by atoms with van der Waals surface area (Å²) in [6.07, 6.45) is 13.8. The Hall–Kier alpha value is -1.74. The first-order valence-corrected chi connectivity index (χ1v) is 47.2. The molecule has 3 unspecified atom stereocenters. The third-order valence-electron chi connectivity index (χ3n) is 15.8. The van der Waals surface area contributed by atoms with E-state index >= 15 is 0 Å². The van der Waals surface area contributed by atoms with Gasteiger partial charge in [0.1, 0.15) is 0 Å². The van der Waals surface area contributed by atoms with Gasteiger partial charge in [-0.05, 0) is 0 Å². The van der Waals surface area contributed by atoms with Crippen LogP contribution in [0.4, 0.5) is 13.2 Å². The van der Waals surface area contributed by atoms with Crippen molar-refractivity contribution in [2.45, 2.75) is 149 Å². The van der Waals surface area contributed by atoms with Crippen molar-refractivity contribution < 1.29 is 28.7 Å². The molecule has 63 heavy (non-hydrogen) atoms. The summed E-state index contributed by atoms with van der Waals surface area (Å²) in [7, 11) is 15.2. The summed E-state index contributed by atoms with van der Waals surface area (Å²) in [5, 5.41) is 2.85. The van der Waals surface area contributed by atoms with E-state index in [0.717, 1.165) is 12.8 Å². The van der Waals surface area contributed by atoms with Gasteiger partial charge in [0.2, 0.25) is 0 Å². The number of hydrogen-bond acceptors (Lipinski definition) is 0. The summed E-state index contributed by atoms with van der Waals surface area (Å²) in [6.45, 7) is 16.5. The van der Waals surface area contributed by atoms with Crippen molar-refractivity contribution >= 4 is 61.6 Å². The molecule has 0 spiro atoms. The number of alkyl halides is 3. The predicted octanol–water partition coefficient (Wildman–Crippen LogP) is 16.9. The Kier molecular flexibility index (Phi) is 13.9. The summed E-state index contributed by atoms with van der Waals surface area (Å²) >= 11 is -5.69. The molecule has 4 aromatic carbocycles. The minimum absolute atomic E-state index is 0.0720. The number of rotatable bonds is 13. The van der Waals surface area contributed by atoms with E-state index in [0.29, 0.717) is 11.8 Å². The van der Waals surface area contributed by atoms with E-state index in [-0.39, 0.29) is 13.3 Å². The standard InChI is InChI=1S/2C25H31Si.C4H8F3Si.2ClH.Zr/c2*1-26(2,3)23-14-12-21(13-15-23)24-11-7-10-22-17-20(18-25(22)24)16-19-8-5-4-6-9-19;1-8-3-2-4(5,6)7;;;/h2*7,10-15,17-19H,4-6,8-9,16H2,1-3H3;8H,2-3H2,1H3;2*1H;/q;;;;;+2/p-2. The van der Waals surface area contributed by atoms with Gasteiger partial charge in [0, 0.05) is 0 Å². The molecule has 4 aliphatic carbocycles. The Balaban J connectivity index is 1.35. The summed E-state index contributed by atoms with van der Waals surface area (Å²) in [4.78, 5) is 0. The van der Waals surface area contributed by atoms with Crippen LogP contribution >= 0.6 is 17.0 Å². The summed E-state index contributed by atoms with van der Waals surface area (Å²) in [6, 6.07) is 31.9. The summed E-state index contributed by atoms with van der Waals surface area (Å²) < 4.78 is 43.2. The van der Waals surface area contributed by atoms with Crippen LogP contribution in [0, 0.1) is 11.8 Å². The van der Waals surface area contributed by atoms with Crippen molar-refractivity contribution in [3.8, 4) is 22.3 Å². The number of benzene rings is 4. The fourth-order valence-electron chi connectivity index (χ4n) is 12.2. The SMILES string of the molecule is C[SiH](CCC(F)(F)F)[Zr]([Cl])([Cl])([CH]1C(CC2CCCCC2)=Cc2c(-c3ccc([Si](C)(C)C)cc3)cccc21)[CH]1C(CC2CCCCC2)=Cc2c(-c3ccc([Si](C)(C)C)cc3)cccc21. The molecule has 2 saturated carbocycles. The van der Waals surface area contributed by atoms with Gasteiger partial charge in [-0.2, -0.15) is 0 Å². The molecule has 4 aliphatic rings. The van der Waals surface area contributed by atoms with Gasteiger partial charge in [0.05, 0.1) is 0 Å². The van der Waals surface area contributed by atoms with Crippen LogP contribution in [0.25, 0.3) is 34.4 Å². The van der Waals surface area contributed by atoms with Gasteiger partial charge in [-0.1, -0.05) is 0 Å². The summed E-state index contributed by atoms with van der Waals surface area (Å²) in [5.74, 6) is -1.49. The van der Waals surface area contributed by atoms with Gasteiger partial charge in [-0.15, -0.1) is 0 Å². The van der Waals surface area contributed by atoms with Gasteiger partial charge in [0.25, 0.3) is 0 Å². The minimum atomic E-state index is -5.69. The Morgan fingerprint density at radius 3 is 1.30 bits per heavy atom. The van der Waals surface area contributed by atoms with E-state index in [2.05, 4.69) is 143 Å². The molecule has 9 heteroatoms. The van der Waals surface area contributed by atoms with Crippen LogP contribution in [0.1, 0.15) is 113 Å². The maximum atomic E-state index is 14.6. The second kappa shape index (κ2) is 18.4. The maximum absolute atomic E-state index is 14.6. The number of fused-ring (bicyclic) bond motifs is 2. The number of hydrogen-bond donors (Lipinski definition) is 0. The van der Waals surface area contributed by atoms with E-state index in [1.54, 1.807) is 0 Å². The Morgan fingerprint density at radius 2 is 0.952 bits per heavy atom. The zero-order valence-corrected chi connectivity index (χ0v) is 46.0. The van der Waals surface area contributed by atoms with Gasteiger partial charge < -0.3 is 0 Å². The third-order valence-corrected chi connectivity index (χ3v) is 70.1. The van der Waals surface area contributed by atoms with Gasteiger partial charge in [0.15, 0.2) is 0 Å². The molecule has 0 bridgehead atoms. The molecule has 0 radical (unpaired) electrons. The quantitative estimate of drug-likeness (QED) is 0.117. The molecule has 0 nitrogen and oxygen atoms in total. The molecule has 3 atom stereocenters. The monoisotopic (exact) mass is 1020 g/mol. The molecular formula is C54H70Cl2F3Si3Zr. The number of allylic oxidation sites excluding steroid dienone is 2. The van der Waals surface area contributed by atoms with Crippen molar-refractivity contribution in [3.05, 3.63) is 118 Å². The van der Waals surface area contributed by atoms with Crippen molar-refractivity contribution in [2.24, 2.45) is 11.8 Å². The molecule has 337 valence electrons. The second-order valence-corrected chi connectivity index (χ2v) is 73.8. The molecule has 8 rings (SSSR count). The predicted molar refractivity (Wildman–Crippen MR) is 274 cm³/mol. The van der Waals surface area contributed by atoms with Crippen LogP contribution < -0.4 is 10.4 Å². The van der Waals surface area contributed by atoms with Crippen molar-refractivity contribution in [3.63, 3.8) is 0 Å². The van der Waals surface area contributed by atoms with Gasteiger partial charge >= 0.3 is 392 Å². The van der Waals surface area contributed by atoms with Crippen LogP contribution in [-0.4, -0.2) is 28.2 Å². The first-order chi connectivity index (χ1) is 29.7. The van der Waals surface area contributed by atoms with Crippen molar-refractivity contribution in [1.82, 2.24) is 0 Å². The molecule has 0 heterocycles.